The summed E-state index contributed by atoms with van der Waals surface area (Å²) in [6.45, 7) is 2.45. The van der Waals surface area contributed by atoms with Crippen molar-refractivity contribution in [1.82, 2.24) is 19.7 Å². The molecule has 1 amide bonds. The second-order valence-corrected chi connectivity index (χ2v) is 6.35. The summed E-state index contributed by atoms with van der Waals surface area (Å²) in [5.41, 5.74) is 2.08. The van der Waals surface area contributed by atoms with E-state index >= 15 is 0 Å². The lowest BCUT2D eigenvalue weighted by molar-refractivity contribution is 0.0909. The average Bonchev–Trinajstić information content (AvgIpc) is 3.45. The van der Waals surface area contributed by atoms with Gasteiger partial charge in [0.1, 0.15) is 5.76 Å². The molecule has 0 aliphatic rings. The number of aromatic nitrogens is 3. The maximum Gasteiger partial charge on any atom is 0.287 e. The molecule has 1 N–H and O–H groups in total. The molecule has 3 heterocycles. The number of rotatable bonds is 6. The van der Waals surface area contributed by atoms with E-state index < -0.39 is 0 Å². The van der Waals surface area contributed by atoms with Crippen LogP contribution in [-0.2, 0) is 6.54 Å². The Hall–Kier alpha value is -3.54. The largest absolute Gasteiger partial charge is 0.454 e. The van der Waals surface area contributed by atoms with Crippen molar-refractivity contribution in [2.45, 2.75) is 19.5 Å². The Morgan fingerprint density at radius 3 is 2.74 bits per heavy atom. The third-order valence-corrected chi connectivity index (χ3v) is 4.38. The highest BCUT2D eigenvalue weighted by molar-refractivity contribution is 5.91. The molecule has 0 saturated carbocycles. The summed E-state index contributed by atoms with van der Waals surface area (Å²) in [7, 11) is 0. The summed E-state index contributed by atoms with van der Waals surface area (Å²) in [6, 6.07) is 17.2. The van der Waals surface area contributed by atoms with Crippen molar-refractivity contribution in [2.24, 2.45) is 0 Å². The van der Waals surface area contributed by atoms with Crippen LogP contribution in [0.2, 0.25) is 0 Å². The maximum absolute atomic E-state index is 12.5. The van der Waals surface area contributed by atoms with Gasteiger partial charge in [-0.15, -0.1) is 0 Å². The van der Waals surface area contributed by atoms with E-state index in [-0.39, 0.29) is 11.9 Å². The van der Waals surface area contributed by atoms with Crippen LogP contribution in [0.25, 0.3) is 5.69 Å². The lowest BCUT2D eigenvalue weighted by Crippen LogP contribution is -2.26. The van der Waals surface area contributed by atoms with Crippen LogP contribution in [-0.4, -0.2) is 20.3 Å². The van der Waals surface area contributed by atoms with Crippen LogP contribution in [0.3, 0.4) is 0 Å². The topological polar surface area (TPSA) is 65.0 Å². The molecule has 1 unspecified atom stereocenters. The van der Waals surface area contributed by atoms with Crippen LogP contribution in [0, 0.1) is 0 Å². The van der Waals surface area contributed by atoms with E-state index in [1.165, 1.54) is 0 Å². The van der Waals surface area contributed by atoms with Gasteiger partial charge >= 0.3 is 0 Å². The highest BCUT2D eigenvalue weighted by Gasteiger charge is 2.15. The third-order valence-electron chi connectivity index (χ3n) is 4.38. The fraction of sp³-hybridized carbons (Fsp3) is 0.143. The first-order valence-corrected chi connectivity index (χ1v) is 8.79. The summed E-state index contributed by atoms with van der Waals surface area (Å²) < 4.78 is 9.44. The molecule has 1 aromatic carbocycles. The minimum atomic E-state index is -0.236. The number of carbonyl (C=O) groups excluding carboxylic acids is 1. The molecule has 0 saturated heterocycles. The minimum absolute atomic E-state index is 0.146. The summed E-state index contributed by atoms with van der Waals surface area (Å²) in [6.07, 6.45) is 7.54. The smallest absolute Gasteiger partial charge is 0.287 e. The standard InChI is InChI=1S/C21H20N4O2/c1-16(17-6-4-7-18(14-17)24-11-2-3-12-24)23-21(26)20-9-8-19(27-20)15-25-13-5-10-22-25/h2-14,16H,15H2,1H3,(H,23,26). The molecule has 136 valence electrons. The van der Waals surface area contributed by atoms with Crippen molar-refractivity contribution in [1.29, 1.82) is 0 Å². The van der Waals surface area contributed by atoms with Gasteiger partial charge in [-0.1, -0.05) is 12.1 Å². The van der Waals surface area contributed by atoms with E-state index in [1.807, 2.05) is 66.5 Å². The predicted molar refractivity (Wildman–Crippen MR) is 102 cm³/mol. The molecule has 0 fully saturated rings. The van der Waals surface area contributed by atoms with E-state index in [0.717, 1.165) is 11.3 Å². The van der Waals surface area contributed by atoms with Crippen molar-refractivity contribution < 1.29 is 9.21 Å². The Labute approximate surface area is 157 Å². The molecule has 0 aliphatic heterocycles. The molecule has 6 heteroatoms. The summed E-state index contributed by atoms with van der Waals surface area (Å²) in [4.78, 5) is 12.5. The number of hydrogen-bond donors (Lipinski definition) is 1. The Kier molecular flexibility index (Phi) is 4.61. The second kappa shape index (κ2) is 7.37. The number of nitrogens with one attached hydrogen (secondary N) is 1. The highest BCUT2D eigenvalue weighted by atomic mass is 16.4. The van der Waals surface area contributed by atoms with Crippen LogP contribution in [0.5, 0.6) is 0 Å². The number of hydrogen-bond acceptors (Lipinski definition) is 3. The molecule has 0 radical (unpaired) electrons. The van der Waals surface area contributed by atoms with Gasteiger partial charge in [0.25, 0.3) is 5.91 Å². The zero-order valence-corrected chi connectivity index (χ0v) is 14.9. The molecule has 1 atom stereocenters. The number of amides is 1. The molecule has 6 nitrogen and oxygen atoms in total. The number of nitrogens with zero attached hydrogens (tertiary/aromatic N) is 3. The Morgan fingerprint density at radius 1 is 1.11 bits per heavy atom. The fourth-order valence-electron chi connectivity index (χ4n) is 2.95. The molecule has 3 aromatic heterocycles. The molecule has 0 spiro atoms. The van der Waals surface area contributed by atoms with Gasteiger partial charge < -0.3 is 14.3 Å². The second-order valence-electron chi connectivity index (χ2n) is 6.35. The van der Waals surface area contributed by atoms with Crippen molar-refractivity contribution in [3.05, 3.63) is 96.5 Å². The van der Waals surface area contributed by atoms with Gasteiger partial charge in [0.05, 0.1) is 12.6 Å². The fourth-order valence-corrected chi connectivity index (χ4v) is 2.95. The van der Waals surface area contributed by atoms with Gasteiger partial charge in [0.15, 0.2) is 5.76 Å². The van der Waals surface area contributed by atoms with Crippen LogP contribution >= 0.6 is 0 Å². The van der Waals surface area contributed by atoms with Gasteiger partial charge in [-0.3, -0.25) is 9.48 Å². The van der Waals surface area contributed by atoms with E-state index in [1.54, 1.807) is 23.0 Å². The van der Waals surface area contributed by atoms with Gasteiger partial charge in [-0.25, -0.2) is 0 Å². The quantitative estimate of drug-likeness (QED) is 0.569. The van der Waals surface area contributed by atoms with Crippen molar-refractivity contribution in [3.63, 3.8) is 0 Å². The van der Waals surface area contributed by atoms with E-state index in [2.05, 4.69) is 16.5 Å². The van der Waals surface area contributed by atoms with E-state index in [0.29, 0.717) is 18.1 Å². The van der Waals surface area contributed by atoms with Crippen LogP contribution in [0.4, 0.5) is 0 Å². The first-order chi connectivity index (χ1) is 13.2. The van der Waals surface area contributed by atoms with Gasteiger partial charge in [-0.2, -0.15) is 5.10 Å². The normalized spacial score (nSPS) is 12.0. The monoisotopic (exact) mass is 360 g/mol. The molecular weight excluding hydrogens is 340 g/mol. The lowest BCUT2D eigenvalue weighted by atomic mass is 10.1. The highest BCUT2D eigenvalue weighted by Crippen LogP contribution is 2.18. The molecule has 0 bridgehead atoms. The predicted octanol–water partition coefficient (Wildman–Crippen LogP) is 3.81. The molecular formula is C21H20N4O2. The van der Waals surface area contributed by atoms with Crippen LogP contribution < -0.4 is 5.32 Å². The summed E-state index contributed by atoms with van der Waals surface area (Å²) >= 11 is 0. The molecule has 4 rings (SSSR count). The zero-order valence-electron chi connectivity index (χ0n) is 14.9. The SMILES string of the molecule is CC(NC(=O)c1ccc(Cn2cccn2)o1)c1cccc(-n2cccc2)c1. The maximum atomic E-state index is 12.5. The van der Waals surface area contributed by atoms with Crippen molar-refractivity contribution >= 4 is 5.91 Å². The van der Waals surface area contributed by atoms with E-state index in [4.69, 9.17) is 4.42 Å². The minimum Gasteiger partial charge on any atom is -0.454 e. The van der Waals surface area contributed by atoms with Crippen molar-refractivity contribution in [3.8, 4) is 5.69 Å². The molecule has 4 aromatic rings. The summed E-state index contributed by atoms with van der Waals surface area (Å²) in [5, 5.41) is 7.13. The summed E-state index contributed by atoms with van der Waals surface area (Å²) in [5.74, 6) is 0.747. The van der Waals surface area contributed by atoms with E-state index in [9.17, 15) is 4.79 Å². The van der Waals surface area contributed by atoms with Crippen LogP contribution in [0.15, 0.2) is 83.8 Å². The van der Waals surface area contributed by atoms with Crippen LogP contribution in [0.1, 0.15) is 34.8 Å². The number of carbonyl (C=O) groups is 1. The first kappa shape index (κ1) is 16.9. The first-order valence-electron chi connectivity index (χ1n) is 8.79. The Balaban J connectivity index is 1.43. The van der Waals surface area contributed by atoms with Gasteiger partial charge in [-0.05, 0) is 55.0 Å². The zero-order chi connectivity index (χ0) is 18.6. The van der Waals surface area contributed by atoms with Gasteiger partial charge in [0, 0.05) is 30.5 Å². The number of benzene rings is 1. The number of furan rings is 1. The van der Waals surface area contributed by atoms with Crippen molar-refractivity contribution in [2.75, 3.05) is 0 Å². The lowest BCUT2D eigenvalue weighted by Gasteiger charge is -2.15. The Bertz CT molecular complexity index is 1020. The average molecular weight is 360 g/mol. The third kappa shape index (κ3) is 3.84. The molecule has 27 heavy (non-hydrogen) atoms. The molecule has 0 aliphatic carbocycles. The van der Waals surface area contributed by atoms with Gasteiger partial charge in [0.2, 0.25) is 0 Å². The Morgan fingerprint density at radius 2 is 1.96 bits per heavy atom.